The van der Waals surface area contributed by atoms with Crippen molar-refractivity contribution in [3.63, 3.8) is 0 Å². The summed E-state index contributed by atoms with van der Waals surface area (Å²) in [6, 6.07) is 2.67. The van der Waals surface area contributed by atoms with Gasteiger partial charge in [-0.2, -0.15) is 0 Å². The smallest absolute Gasteiger partial charge is 0.137 e. The molecule has 0 radical (unpaired) electrons. The van der Waals surface area contributed by atoms with Gasteiger partial charge in [-0.1, -0.05) is 20.8 Å². The second kappa shape index (κ2) is 8.09. The van der Waals surface area contributed by atoms with Crippen LogP contribution in [0.5, 0.6) is 5.75 Å². The number of aromatic nitrogens is 1. The molecule has 1 rings (SSSR count). The van der Waals surface area contributed by atoms with Crippen molar-refractivity contribution in [3.05, 3.63) is 24.0 Å². The molecule has 102 valence electrons. The number of hydrogen-bond acceptors (Lipinski definition) is 3. The fourth-order valence-electron chi connectivity index (χ4n) is 2.10. The molecule has 1 unspecified atom stereocenters. The van der Waals surface area contributed by atoms with E-state index in [9.17, 15) is 0 Å². The Morgan fingerprint density at radius 2 is 2.06 bits per heavy atom. The highest BCUT2D eigenvalue weighted by Gasteiger charge is 2.11. The maximum Gasteiger partial charge on any atom is 0.137 e. The van der Waals surface area contributed by atoms with Gasteiger partial charge in [0.2, 0.25) is 0 Å². The summed E-state index contributed by atoms with van der Waals surface area (Å²) >= 11 is 0. The van der Waals surface area contributed by atoms with Gasteiger partial charge in [0.25, 0.3) is 0 Å². The highest BCUT2D eigenvalue weighted by molar-refractivity contribution is 5.23. The van der Waals surface area contributed by atoms with Gasteiger partial charge in [-0.15, -0.1) is 0 Å². The lowest BCUT2D eigenvalue weighted by Gasteiger charge is -2.21. The molecule has 0 fully saturated rings. The molecule has 1 atom stereocenters. The van der Waals surface area contributed by atoms with Gasteiger partial charge in [-0.25, -0.2) is 0 Å². The minimum Gasteiger partial charge on any atom is -0.492 e. The van der Waals surface area contributed by atoms with Gasteiger partial charge in [-0.05, 0) is 43.9 Å². The summed E-state index contributed by atoms with van der Waals surface area (Å²) in [5.41, 5.74) is 1.25. The maximum absolute atomic E-state index is 5.47. The third kappa shape index (κ3) is 5.05. The van der Waals surface area contributed by atoms with E-state index in [1.165, 1.54) is 5.56 Å². The van der Waals surface area contributed by atoms with Gasteiger partial charge in [-0.3, -0.25) is 4.98 Å². The van der Waals surface area contributed by atoms with Crippen LogP contribution < -0.4 is 10.1 Å². The highest BCUT2D eigenvalue weighted by atomic mass is 16.5. The summed E-state index contributed by atoms with van der Waals surface area (Å²) in [5.74, 6) is 1.53. The molecule has 0 aliphatic heterocycles. The lowest BCUT2D eigenvalue weighted by Crippen LogP contribution is -2.34. The number of nitrogens with zero attached hydrogens (tertiary/aromatic N) is 1. The first-order valence-corrected chi connectivity index (χ1v) is 6.97. The van der Waals surface area contributed by atoms with Crippen molar-refractivity contribution in [2.45, 2.75) is 46.6 Å². The second-order valence-corrected chi connectivity index (χ2v) is 4.91. The van der Waals surface area contributed by atoms with Crippen molar-refractivity contribution in [2.75, 3.05) is 13.2 Å². The Morgan fingerprint density at radius 1 is 1.28 bits per heavy atom. The van der Waals surface area contributed by atoms with Crippen LogP contribution in [0, 0.1) is 5.92 Å². The van der Waals surface area contributed by atoms with Crippen LogP contribution in [0.25, 0.3) is 0 Å². The van der Waals surface area contributed by atoms with Crippen LogP contribution in [0.1, 0.15) is 39.7 Å². The van der Waals surface area contributed by atoms with E-state index >= 15 is 0 Å². The Labute approximate surface area is 111 Å². The van der Waals surface area contributed by atoms with Crippen molar-refractivity contribution in [3.8, 4) is 5.75 Å². The Balaban J connectivity index is 2.53. The van der Waals surface area contributed by atoms with E-state index in [4.69, 9.17) is 4.74 Å². The largest absolute Gasteiger partial charge is 0.492 e. The molecule has 1 aromatic heterocycles. The van der Waals surface area contributed by atoms with E-state index in [0.29, 0.717) is 18.6 Å². The average molecular weight is 250 g/mol. The number of rotatable bonds is 8. The van der Waals surface area contributed by atoms with Gasteiger partial charge in [0.1, 0.15) is 5.75 Å². The summed E-state index contributed by atoms with van der Waals surface area (Å²) in [7, 11) is 0. The van der Waals surface area contributed by atoms with E-state index in [-0.39, 0.29) is 0 Å². The first-order chi connectivity index (χ1) is 8.67. The lowest BCUT2D eigenvalue weighted by atomic mass is 9.97. The summed E-state index contributed by atoms with van der Waals surface area (Å²) in [6.45, 7) is 10.4. The van der Waals surface area contributed by atoms with Gasteiger partial charge in [0.15, 0.2) is 0 Å². The summed E-state index contributed by atoms with van der Waals surface area (Å²) in [6.07, 6.45) is 5.90. The monoisotopic (exact) mass is 250 g/mol. The van der Waals surface area contributed by atoms with E-state index in [2.05, 4.69) is 37.1 Å². The SMILES string of the molecule is CCNC(CCc1cncc(OCC)c1)C(C)C. The Kier molecular flexibility index (Phi) is 6.73. The Bertz CT molecular complexity index is 339. The molecule has 1 N–H and O–H groups in total. The maximum atomic E-state index is 5.47. The standard InChI is InChI=1S/C15H26N2O/c1-5-17-15(12(3)4)8-7-13-9-14(18-6-2)11-16-10-13/h9-12,15,17H,5-8H2,1-4H3. The zero-order valence-electron chi connectivity index (χ0n) is 12.1. The van der Waals surface area contributed by atoms with Crippen LogP contribution >= 0.6 is 0 Å². The third-order valence-corrected chi connectivity index (χ3v) is 3.10. The fraction of sp³-hybridized carbons (Fsp3) is 0.667. The second-order valence-electron chi connectivity index (χ2n) is 4.91. The first-order valence-electron chi connectivity index (χ1n) is 6.97. The van der Waals surface area contributed by atoms with Crippen molar-refractivity contribution in [1.29, 1.82) is 0 Å². The summed E-state index contributed by atoms with van der Waals surface area (Å²) in [5, 5.41) is 3.54. The molecule has 0 spiro atoms. The van der Waals surface area contributed by atoms with E-state index in [1.807, 2.05) is 13.1 Å². The van der Waals surface area contributed by atoms with Gasteiger partial charge in [0, 0.05) is 12.2 Å². The van der Waals surface area contributed by atoms with Crippen molar-refractivity contribution >= 4 is 0 Å². The van der Waals surface area contributed by atoms with Crippen LogP contribution in [0.15, 0.2) is 18.5 Å². The molecule has 0 bridgehead atoms. The number of pyridine rings is 1. The molecule has 1 heterocycles. The highest BCUT2D eigenvalue weighted by Crippen LogP contribution is 2.15. The summed E-state index contributed by atoms with van der Waals surface area (Å²) in [4.78, 5) is 4.23. The average Bonchev–Trinajstić information content (AvgIpc) is 2.35. The van der Waals surface area contributed by atoms with Crippen molar-refractivity contribution in [1.82, 2.24) is 10.3 Å². The Hall–Kier alpha value is -1.09. The minimum atomic E-state index is 0.575. The van der Waals surface area contributed by atoms with Crippen molar-refractivity contribution < 1.29 is 4.74 Å². The number of aryl methyl sites for hydroxylation is 1. The van der Waals surface area contributed by atoms with Gasteiger partial charge in [0.05, 0.1) is 12.8 Å². The molecule has 0 aromatic carbocycles. The number of nitrogens with one attached hydrogen (secondary N) is 1. The Morgan fingerprint density at radius 3 is 2.67 bits per heavy atom. The fourth-order valence-corrected chi connectivity index (χ4v) is 2.10. The molecule has 0 amide bonds. The van der Waals surface area contributed by atoms with Gasteiger partial charge >= 0.3 is 0 Å². The zero-order chi connectivity index (χ0) is 13.4. The summed E-state index contributed by atoms with van der Waals surface area (Å²) < 4.78 is 5.47. The molecular formula is C15H26N2O. The molecule has 18 heavy (non-hydrogen) atoms. The molecule has 0 aliphatic carbocycles. The van der Waals surface area contributed by atoms with Gasteiger partial charge < -0.3 is 10.1 Å². The first kappa shape index (κ1) is 15.0. The molecule has 3 heteroatoms. The molecule has 1 aromatic rings. The molecule has 0 saturated carbocycles. The van der Waals surface area contributed by atoms with Crippen molar-refractivity contribution in [2.24, 2.45) is 5.92 Å². The topological polar surface area (TPSA) is 34.2 Å². The van der Waals surface area contributed by atoms with E-state index in [1.54, 1.807) is 6.20 Å². The molecular weight excluding hydrogens is 224 g/mol. The zero-order valence-corrected chi connectivity index (χ0v) is 12.1. The molecule has 3 nitrogen and oxygen atoms in total. The minimum absolute atomic E-state index is 0.575. The lowest BCUT2D eigenvalue weighted by molar-refractivity contribution is 0.338. The predicted octanol–water partition coefficient (Wildman–Crippen LogP) is 3.05. The van der Waals surface area contributed by atoms with Crippen LogP contribution in [-0.4, -0.2) is 24.2 Å². The van der Waals surface area contributed by atoms with Crippen LogP contribution in [-0.2, 0) is 6.42 Å². The normalized spacial score (nSPS) is 12.7. The molecule has 0 aliphatic rings. The van der Waals surface area contributed by atoms with Crippen LogP contribution in [0.3, 0.4) is 0 Å². The number of ether oxygens (including phenoxy) is 1. The third-order valence-electron chi connectivity index (χ3n) is 3.10. The quantitative estimate of drug-likeness (QED) is 0.770. The van der Waals surface area contributed by atoms with Crippen LogP contribution in [0.4, 0.5) is 0 Å². The van der Waals surface area contributed by atoms with E-state index < -0.39 is 0 Å². The van der Waals surface area contributed by atoms with E-state index in [0.717, 1.165) is 25.1 Å². The van der Waals surface area contributed by atoms with Crippen LogP contribution in [0.2, 0.25) is 0 Å². The predicted molar refractivity (Wildman–Crippen MR) is 76.0 cm³/mol. The number of hydrogen-bond donors (Lipinski definition) is 1. The molecule has 0 saturated heterocycles.